The van der Waals surface area contributed by atoms with Crippen molar-refractivity contribution in [3.8, 4) is 0 Å². The molecule has 0 aliphatic carbocycles. The molecule has 0 spiro atoms. The summed E-state index contributed by atoms with van der Waals surface area (Å²) in [6.45, 7) is 1.70. The van der Waals surface area contributed by atoms with Gasteiger partial charge in [0.15, 0.2) is 0 Å². The highest BCUT2D eigenvalue weighted by atomic mass is 16.5. The number of carbonyl (C=O) groups excluding carboxylic acids is 1. The van der Waals surface area contributed by atoms with E-state index in [1.807, 2.05) is 29.2 Å². The summed E-state index contributed by atoms with van der Waals surface area (Å²) in [6.07, 6.45) is 2.53. The lowest BCUT2D eigenvalue weighted by Crippen LogP contribution is -2.49. The number of fused-ring (bicyclic) bond motifs is 1. The van der Waals surface area contributed by atoms with Crippen LogP contribution in [0.4, 0.5) is 0 Å². The van der Waals surface area contributed by atoms with E-state index in [9.17, 15) is 4.79 Å². The zero-order chi connectivity index (χ0) is 14.7. The number of nitrogens with zero attached hydrogens (tertiary/aromatic N) is 1. The Morgan fingerprint density at radius 2 is 2.24 bits per heavy atom. The van der Waals surface area contributed by atoms with E-state index in [4.69, 9.17) is 14.3 Å². The lowest BCUT2D eigenvalue weighted by atomic mass is 10.1. The Balaban J connectivity index is 1.75. The average Bonchev–Trinajstić information content (AvgIpc) is 2.91. The number of furan rings is 1. The summed E-state index contributed by atoms with van der Waals surface area (Å²) in [5, 5.41) is 10.1. The fraction of sp³-hybridized carbons (Fsp3) is 0.438. The van der Waals surface area contributed by atoms with Crippen molar-refractivity contribution in [2.24, 2.45) is 0 Å². The Kier molecular flexibility index (Phi) is 4.22. The van der Waals surface area contributed by atoms with Crippen molar-refractivity contribution in [1.82, 2.24) is 4.90 Å². The van der Waals surface area contributed by atoms with Gasteiger partial charge in [-0.25, -0.2) is 0 Å². The molecule has 112 valence electrons. The van der Waals surface area contributed by atoms with E-state index in [2.05, 4.69) is 0 Å². The molecule has 1 aliphatic heterocycles. The number of amides is 1. The van der Waals surface area contributed by atoms with E-state index >= 15 is 0 Å². The molecule has 2 aromatic rings. The minimum atomic E-state index is -0.0329. The van der Waals surface area contributed by atoms with Crippen molar-refractivity contribution in [2.45, 2.75) is 18.9 Å². The number of aliphatic hydroxyl groups excluding tert-OH is 1. The van der Waals surface area contributed by atoms with Crippen molar-refractivity contribution >= 4 is 16.9 Å². The van der Waals surface area contributed by atoms with Crippen molar-refractivity contribution < 1.29 is 19.1 Å². The molecule has 1 fully saturated rings. The fourth-order valence-electron chi connectivity index (χ4n) is 2.81. The minimum Gasteiger partial charge on any atom is -0.464 e. The third-order valence-corrected chi connectivity index (χ3v) is 3.91. The van der Waals surface area contributed by atoms with Gasteiger partial charge in [-0.2, -0.15) is 0 Å². The summed E-state index contributed by atoms with van der Waals surface area (Å²) in [6, 6.07) is 7.68. The van der Waals surface area contributed by atoms with Gasteiger partial charge in [0.2, 0.25) is 5.91 Å². The first-order chi connectivity index (χ1) is 10.3. The van der Waals surface area contributed by atoms with Crippen LogP contribution < -0.4 is 0 Å². The number of hydrogen-bond donors (Lipinski definition) is 1. The molecule has 0 radical (unpaired) electrons. The van der Waals surface area contributed by atoms with E-state index < -0.39 is 0 Å². The van der Waals surface area contributed by atoms with Gasteiger partial charge >= 0.3 is 0 Å². The summed E-state index contributed by atoms with van der Waals surface area (Å²) in [4.78, 5) is 14.4. The van der Waals surface area contributed by atoms with E-state index in [1.54, 1.807) is 6.26 Å². The van der Waals surface area contributed by atoms with Crippen LogP contribution in [0.25, 0.3) is 11.0 Å². The van der Waals surface area contributed by atoms with Gasteiger partial charge in [-0.3, -0.25) is 4.79 Å². The molecular weight excluding hydrogens is 270 g/mol. The monoisotopic (exact) mass is 289 g/mol. The maximum Gasteiger partial charge on any atom is 0.227 e. The fourth-order valence-corrected chi connectivity index (χ4v) is 2.81. The van der Waals surface area contributed by atoms with E-state index in [1.165, 1.54) is 0 Å². The molecule has 1 unspecified atom stereocenters. The molecular formula is C16H19NO4. The third-order valence-electron chi connectivity index (χ3n) is 3.91. The second kappa shape index (κ2) is 6.28. The first-order valence-corrected chi connectivity index (χ1v) is 7.23. The largest absolute Gasteiger partial charge is 0.464 e. The van der Waals surface area contributed by atoms with Crippen LogP contribution in [0, 0.1) is 0 Å². The van der Waals surface area contributed by atoms with Crippen LogP contribution in [-0.2, 0) is 16.0 Å². The van der Waals surface area contributed by atoms with Gasteiger partial charge < -0.3 is 19.2 Å². The number of ether oxygens (including phenoxy) is 1. The van der Waals surface area contributed by atoms with E-state index in [0.717, 1.165) is 16.5 Å². The van der Waals surface area contributed by atoms with Crippen LogP contribution in [0.2, 0.25) is 0 Å². The SMILES string of the molecule is O=C(Cc1coc2ccccc12)N1CCOCC1CCO. The second-order valence-electron chi connectivity index (χ2n) is 5.26. The number of morpholine rings is 1. The summed E-state index contributed by atoms with van der Waals surface area (Å²) < 4.78 is 10.9. The van der Waals surface area contributed by atoms with Crippen LogP contribution in [0.5, 0.6) is 0 Å². The number of benzene rings is 1. The zero-order valence-corrected chi connectivity index (χ0v) is 11.8. The highest BCUT2D eigenvalue weighted by Crippen LogP contribution is 2.22. The molecule has 1 amide bonds. The van der Waals surface area contributed by atoms with Crippen molar-refractivity contribution in [3.05, 3.63) is 36.1 Å². The molecule has 5 nitrogen and oxygen atoms in total. The van der Waals surface area contributed by atoms with E-state index in [0.29, 0.717) is 32.6 Å². The predicted octanol–water partition coefficient (Wildman–Crippen LogP) is 1.59. The van der Waals surface area contributed by atoms with Gasteiger partial charge in [0.1, 0.15) is 5.58 Å². The number of rotatable bonds is 4. The molecule has 1 atom stereocenters. The molecule has 1 N–H and O–H groups in total. The van der Waals surface area contributed by atoms with Crippen LogP contribution in [0.15, 0.2) is 34.9 Å². The molecule has 21 heavy (non-hydrogen) atoms. The Hall–Kier alpha value is -1.85. The van der Waals surface area contributed by atoms with Crippen LogP contribution in [-0.4, -0.2) is 48.3 Å². The molecule has 1 aromatic carbocycles. The average molecular weight is 289 g/mol. The van der Waals surface area contributed by atoms with Crippen LogP contribution in [0.3, 0.4) is 0 Å². The Morgan fingerprint density at radius 3 is 3.10 bits per heavy atom. The van der Waals surface area contributed by atoms with Gasteiger partial charge in [0, 0.05) is 24.1 Å². The van der Waals surface area contributed by atoms with Gasteiger partial charge in [0.05, 0.1) is 31.9 Å². The van der Waals surface area contributed by atoms with E-state index in [-0.39, 0.29) is 18.6 Å². The van der Waals surface area contributed by atoms with Crippen molar-refractivity contribution in [2.75, 3.05) is 26.4 Å². The van der Waals surface area contributed by atoms with Gasteiger partial charge in [-0.15, -0.1) is 0 Å². The molecule has 2 heterocycles. The smallest absolute Gasteiger partial charge is 0.227 e. The molecule has 1 aliphatic rings. The normalized spacial score (nSPS) is 19.1. The first kappa shape index (κ1) is 14.1. The summed E-state index contributed by atoms with van der Waals surface area (Å²) >= 11 is 0. The number of carbonyl (C=O) groups is 1. The molecule has 3 rings (SSSR count). The highest BCUT2D eigenvalue weighted by molar-refractivity contribution is 5.87. The van der Waals surface area contributed by atoms with Gasteiger partial charge in [-0.1, -0.05) is 18.2 Å². The minimum absolute atomic E-state index is 0.0329. The van der Waals surface area contributed by atoms with Crippen LogP contribution in [0.1, 0.15) is 12.0 Å². The van der Waals surface area contributed by atoms with Gasteiger partial charge in [-0.05, 0) is 12.5 Å². The molecule has 0 saturated carbocycles. The van der Waals surface area contributed by atoms with Crippen LogP contribution >= 0.6 is 0 Å². The molecule has 1 saturated heterocycles. The topological polar surface area (TPSA) is 62.9 Å². The lowest BCUT2D eigenvalue weighted by molar-refractivity contribution is -0.139. The summed E-state index contributed by atoms with van der Waals surface area (Å²) in [7, 11) is 0. The standard InChI is InChI=1S/C16H19NO4/c18-7-5-13-11-20-8-6-17(13)16(19)9-12-10-21-15-4-2-1-3-14(12)15/h1-4,10,13,18H,5-9,11H2. The zero-order valence-electron chi connectivity index (χ0n) is 11.8. The number of aliphatic hydroxyl groups is 1. The summed E-state index contributed by atoms with van der Waals surface area (Å²) in [5.74, 6) is 0.0586. The number of hydrogen-bond acceptors (Lipinski definition) is 4. The predicted molar refractivity (Wildman–Crippen MR) is 77.9 cm³/mol. The maximum absolute atomic E-state index is 12.5. The third kappa shape index (κ3) is 2.94. The maximum atomic E-state index is 12.5. The van der Waals surface area contributed by atoms with Gasteiger partial charge in [0.25, 0.3) is 0 Å². The Bertz CT molecular complexity index is 620. The highest BCUT2D eigenvalue weighted by Gasteiger charge is 2.27. The van der Waals surface area contributed by atoms with Crippen molar-refractivity contribution in [1.29, 1.82) is 0 Å². The summed E-state index contributed by atoms with van der Waals surface area (Å²) in [5.41, 5.74) is 1.71. The molecule has 0 bridgehead atoms. The van der Waals surface area contributed by atoms with Crippen molar-refractivity contribution in [3.63, 3.8) is 0 Å². The molecule has 1 aromatic heterocycles. The Morgan fingerprint density at radius 1 is 1.38 bits per heavy atom. The molecule has 5 heteroatoms. The number of para-hydroxylation sites is 1. The first-order valence-electron chi connectivity index (χ1n) is 7.23. The quantitative estimate of drug-likeness (QED) is 0.928. The second-order valence-corrected chi connectivity index (χ2v) is 5.26. The lowest BCUT2D eigenvalue weighted by Gasteiger charge is -2.35. The Labute approximate surface area is 123 Å².